The lowest BCUT2D eigenvalue weighted by Gasteiger charge is -2.20. The molecule has 1 aromatic heterocycles. The Kier molecular flexibility index (Phi) is 3.37. The number of amides is 1. The number of nitrogens with zero attached hydrogens (tertiary/aromatic N) is 2. The first kappa shape index (κ1) is 11.6. The summed E-state index contributed by atoms with van der Waals surface area (Å²) in [7, 11) is 0. The van der Waals surface area contributed by atoms with Crippen LogP contribution in [0.3, 0.4) is 0 Å². The summed E-state index contributed by atoms with van der Waals surface area (Å²) in [6, 6.07) is 3.20. The second-order valence-corrected chi connectivity index (χ2v) is 4.26. The Labute approximate surface area is 99.1 Å². The van der Waals surface area contributed by atoms with Crippen molar-refractivity contribution in [2.24, 2.45) is 5.92 Å². The molecule has 0 aliphatic heterocycles. The smallest absolute Gasteiger partial charge is 0.323 e. The quantitative estimate of drug-likeness (QED) is 0.825. The number of aliphatic carboxylic acids is 1. The lowest BCUT2D eigenvalue weighted by molar-refractivity contribution is -0.137. The molecule has 1 heterocycles. The Morgan fingerprint density at radius 2 is 2.00 bits per heavy atom. The van der Waals surface area contributed by atoms with Gasteiger partial charge in [0.25, 0.3) is 5.91 Å². The van der Waals surface area contributed by atoms with Gasteiger partial charge in [-0.3, -0.25) is 14.6 Å². The molecule has 90 valence electrons. The monoisotopic (exact) mass is 234 g/mol. The van der Waals surface area contributed by atoms with Crippen molar-refractivity contribution >= 4 is 11.9 Å². The molecule has 1 aromatic rings. The number of aromatic nitrogens is 1. The van der Waals surface area contributed by atoms with Crippen molar-refractivity contribution in [3.8, 4) is 0 Å². The normalized spacial score (nSPS) is 14.4. The Balaban J connectivity index is 2.08. The third-order valence-corrected chi connectivity index (χ3v) is 2.72. The van der Waals surface area contributed by atoms with E-state index in [1.165, 1.54) is 17.3 Å². The van der Waals surface area contributed by atoms with Crippen LogP contribution in [-0.4, -0.2) is 40.0 Å². The van der Waals surface area contributed by atoms with Gasteiger partial charge < -0.3 is 10.0 Å². The molecular formula is C12H14N2O3. The fourth-order valence-electron chi connectivity index (χ4n) is 1.67. The van der Waals surface area contributed by atoms with E-state index in [0.717, 1.165) is 12.8 Å². The van der Waals surface area contributed by atoms with E-state index in [4.69, 9.17) is 5.11 Å². The van der Waals surface area contributed by atoms with Gasteiger partial charge in [-0.2, -0.15) is 0 Å². The van der Waals surface area contributed by atoms with Crippen LogP contribution in [0.4, 0.5) is 0 Å². The van der Waals surface area contributed by atoms with Crippen molar-refractivity contribution in [3.63, 3.8) is 0 Å². The topological polar surface area (TPSA) is 70.5 Å². The van der Waals surface area contributed by atoms with Gasteiger partial charge in [-0.1, -0.05) is 0 Å². The summed E-state index contributed by atoms with van der Waals surface area (Å²) in [6.07, 6.45) is 5.23. The van der Waals surface area contributed by atoms with E-state index in [-0.39, 0.29) is 12.5 Å². The maximum atomic E-state index is 12.1. The number of rotatable bonds is 5. The molecular weight excluding hydrogens is 220 g/mol. The van der Waals surface area contributed by atoms with Crippen molar-refractivity contribution in [2.45, 2.75) is 12.8 Å². The molecule has 5 heteroatoms. The molecule has 5 nitrogen and oxygen atoms in total. The first-order chi connectivity index (χ1) is 8.16. The highest BCUT2D eigenvalue weighted by Crippen LogP contribution is 2.30. The highest BCUT2D eigenvalue weighted by molar-refractivity contribution is 5.95. The Morgan fingerprint density at radius 1 is 1.35 bits per heavy atom. The van der Waals surface area contributed by atoms with E-state index >= 15 is 0 Å². The van der Waals surface area contributed by atoms with Crippen molar-refractivity contribution in [2.75, 3.05) is 13.1 Å². The van der Waals surface area contributed by atoms with Crippen LogP contribution >= 0.6 is 0 Å². The summed E-state index contributed by atoms with van der Waals surface area (Å²) >= 11 is 0. The van der Waals surface area contributed by atoms with Crippen LogP contribution in [0.1, 0.15) is 23.2 Å². The Bertz CT molecular complexity index is 415. The van der Waals surface area contributed by atoms with E-state index in [2.05, 4.69) is 4.98 Å². The van der Waals surface area contributed by atoms with Gasteiger partial charge in [0.15, 0.2) is 0 Å². The number of hydrogen-bond donors (Lipinski definition) is 1. The number of carboxylic acid groups (broad SMARTS) is 1. The molecule has 17 heavy (non-hydrogen) atoms. The van der Waals surface area contributed by atoms with Crippen molar-refractivity contribution in [1.29, 1.82) is 0 Å². The summed E-state index contributed by atoms with van der Waals surface area (Å²) < 4.78 is 0. The van der Waals surface area contributed by atoms with Crippen LogP contribution in [0.5, 0.6) is 0 Å². The second-order valence-electron chi connectivity index (χ2n) is 4.26. The summed E-state index contributed by atoms with van der Waals surface area (Å²) in [5.41, 5.74) is 0.488. The van der Waals surface area contributed by atoms with Gasteiger partial charge in [0, 0.05) is 24.5 Å². The molecule has 1 fully saturated rings. The van der Waals surface area contributed by atoms with E-state index in [9.17, 15) is 9.59 Å². The molecule has 0 aromatic carbocycles. The van der Waals surface area contributed by atoms with Crippen LogP contribution in [0.2, 0.25) is 0 Å². The molecule has 0 radical (unpaired) electrons. The van der Waals surface area contributed by atoms with Crippen LogP contribution in [0.15, 0.2) is 24.5 Å². The molecule has 0 saturated heterocycles. The van der Waals surface area contributed by atoms with Gasteiger partial charge >= 0.3 is 5.97 Å². The maximum Gasteiger partial charge on any atom is 0.323 e. The van der Waals surface area contributed by atoms with E-state index in [0.29, 0.717) is 18.0 Å². The predicted octanol–water partition coefficient (Wildman–Crippen LogP) is 1.02. The molecule has 0 bridgehead atoms. The lowest BCUT2D eigenvalue weighted by Crippen LogP contribution is -2.37. The van der Waals surface area contributed by atoms with Gasteiger partial charge in [0.1, 0.15) is 6.54 Å². The molecule has 1 N–H and O–H groups in total. The fraction of sp³-hybridized carbons (Fsp3) is 0.417. The van der Waals surface area contributed by atoms with Crippen LogP contribution in [0, 0.1) is 5.92 Å². The molecule has 0 atom stereocenters. The fourth-order valence-corrected chi connectivity index (χ4v) is 1.67. The van der Waals surface area contributed by atoms with Gasteiger partial charge in [-0.15, -0.1) is 0 Å². The molecule has 1 amide bonds. The maximum absolute atomic E-state index is 12.1. The van der Waals surface area contributed by atoms with Gasteiger partial charge in [-0.05, 0) is 30.9 Å². The first-order valence-electron chi connectivity index (χ1n) is 5.58. The third kappa shape index (κ3) is 3.27. The Hall–Kier alpha value is -1.91. The van der Waals surface area contributed by atoms with Crippen molar-refractivity contribution < 1.29 is 14.7 Å². The number of carbonyl (C=O) groups is 2. The lowest BCUT2D eigenvalue weighted by atomic mass is 10.2. The van der Waals surface area contributed by atoms with E-state index < -0.39 is 5.97 Å². The zero-order valence-electron chi connectivity index (χ0n) is 9.37. The minimum absolute atomic E-state index is 0.235. The minimum Gasteiger partial charge on any atom is -0.480 e. The highest BCUT2D eigenvalue weighted by atomic mass is 16.4. The van der Waals surface area contributed by atoms with E-state index in [1.54, 1.807) is 12.1 Å². The van der Waals surface area contributed by atoms with Crippen LogP contribution in [-0.2, 0) is 4.79 Å². The SMILES string of the molecule is O=C(O)CN(CC1CC1)C(=O)c1ccncc1. The molecule has 1 aliphatic carbocycles. The van der Waals surface area contributed by atoms with Gasteiger partial charge in [0.2, 0.25) is 0 Å². The highest BCUT2D eigenvalue weighted by Gasteiger charge is 2.28. The van der Waals surface area contributed by atoms with Crippen LogP contribution in [0.25, 0.3) is 0 Å². The number of pyridine rings is 1. The molecule has 1 saturated carbocycles. The number of carbonyl (C=O) groups excluding carboxylic acids is 1. The molecule has 0 spiro atoms. The number of hydrogen-bond acceptors (Lipinski definition) is 3. The minimum atomic E-state index is -0.979. The summed E-state index contributed by atoms with van der Waals surface area (Å²) in [5.74, 6) is -0.741. The van der Waals surface area contributed by atoms with E-state index in [1.807, 2.05) is 0 Å². The summed E-state index contributed by atoms with van der Waals surface area (Å²) in [4.78, 5) is 28.1. The zero-order valence-corrected chi connectivity index (χ0v) is 9.37. The standard InChI is InChI=1S/C12H14N2O3/c15-11(16)8-14(7-9-1-2-9)12(17)10-3-5-13-6-4-10/h3-6,9H,1-2,7-8H2,(H,15,16). The van der Waals surface area contributed by atoms with Crippen LogP contribution < -0.4 is 0 Å². The summed E-state index contributed by atoms with van der Waals surface area (Å²) in [5, 5.41) is 8.81. The van der Waals surface area contributed by atoms with Crippen molar-refractivity contribution in [1.82, 2.24) is 9.88 Å². The molecule has 2 rings (SSSR count). The average Bonchev–Trinajstić information content (AvgIpc) is 3.12. The molecule has 0 unspecified atom stereocenters. The second kappa shape index (κ2) is 4.95. The predicted molar refractivity (Wildman–Crippen MR) is 60.5 cm³/mol. The average molecular weight is 234 g/mol. The third-order valence-electron chi connectivity index (χ3n) is 2.72. The Morgan fingerprint density at radius 3 is 2.53 bits per heavy atom. The molecule has 1 aliphatic rings. The zero-order chi connectivity index (χ0) is 12.3. The van der Waals surface area contributed by atoms with Gasteiger partial charge in [-0.25, -0.2) is 0 Å². The number of carboxylic acids is 1. The first-order valence-corrected chi connectivity index (χ1v) is 5.58. The van der Waals surface area contributed by atoms with Gasteiger partial charge in [0.05, 0.1) is 0 Å². The van der Waals surface area contributed by atoms with Crippen molar-refractivity contribution in [3.05, 3.63) is 30.1 Å². The summed E-state index contributed by atoms with van der Waals surface area (Å²) in [6.45, 7) is 0.297. The largest absolute Gasteiger partial charge is 0.480 e.